The van der Waals surface area contributed by atoms with Gasteiger partial charge in [-0.25, -0.2) is 0 Å². The first-order valence-electron chi connectivity index (χ1n) is 4.98. The minimum Gasteiger partial charge on any atom is -0.393 e. The molecule has 3 nitrogen and oxygen atoms in total. The first kappa shape index (κ1) is 12.2. The molecule has 1 heterocycles. The van der Waals surface area contributed by atoms with E-state index in [9.17, 15) is 4.79 Å². The van der Waals surface area contributed by atoms with Gasteiger partial charge in [0.05, 0.1) is 11.7 Å². The summed E-state index contributed by atoms with van der Waals surface area (Å²) < 4.78 is 0. The van der Waals surface area contributed by atoms with Crippen LogP contribution in [0.3, 0.4) is 0 Å². The largest absolute Gasteiger partial charge is 0.393 e. The molecule has 1 rings (SSSR count). The number of aliphatic hydroxyl groups excluding tert-OH is 1. The van der Waals surface area contributed by atoms with Crippen LogP contribution in [0.25, 0.3) is 0 Å². The highest BCUT2D eigenvalue weighted by atomic mass is 32.1. The summed E-state index contributed by atoms with van der Waals surface area (Å²) in [7, 11) is 1.77. The fourth-order valence-electron chi connectivity index (χ4n) is 1.27. The Kier molecular flexibility index (Phi) is 4.29. The molecule has 1 N–H and O–H groups in total. The van der Waals surface area contributed by atoms with Crippen LogP contribution in [0, 0.1) is 6.92 Å². The second-order valence-electron chi connectivity index (χ2n) is 3.83. The van der Waals surface area contributed by atoms with E-state index in [1.807, 2.05) is 17.7 Å². The van der Waals surface area contributed by atoms with Crippen LogP contribution >= 0.6 is 11.3 Å². The van der Waals surface area contributed by atoms with Gasteiger partial charge in [-0.05, 0) is 31.2 Å². The van der Waals surface area contributed by atoms with Gasteiger partial charge in [0.1, 0.15) is 0 Å². The third kappa shape index (κ3) is 3.32. The number of nitrogens with zero attached hydrogens (tertiary/aromatic N) is 1. The SMILES string of the molecule is Cc1cscc1C(=O)N(C)CCC(C)O. The van der Waals surface area contributed by atoms with Crippen molar-refractivity contribution >= 4 is 17.2 Å². The van der Waals surface area contributed by atoms with Gasteiger partial charge in [-0.2, -0.15) is 11.3 Å². The fraction of sp³-hybridized carbons (Fsp3) is 0.545. The van der Waals surface area contributed by atoms with Crippen LogP contribution in [0.15, 0.2) is 10.8 Å². The highest BCUT2D eigenvalue weighted by molar-refractivity contribution is 7.08. The van der Waals surface area contributed by atoms with Crippen molar-refractivity contribution in [2.24, 2.45) is 0 Å². The van der Waals surface area contributed by atoms with Crippen LogP contribution in [0.4, 0.5) is 0 Å². The summed E-state index contributed by atoms with van der Waals surface area (Å²) >= 11 is 1.54. The molecule has 84 valence electrons. The van der Waals surface area contributed by atoms with Crippen LogP contribution in [-0.2, 0) is 0 Å². The van der Waals surface area contributed by atoms with E-state index in [-0.39, 0.29) is 12.0 Å². The molecule has 15 heavy (non-hydrogen) atoms. The quantitative estimate of drug-likeness (QED) is 0.853. The summed E-state index contributed by atoms with van der Waals surface area (Å²) in [5.74, 6) is 0.0365. The Bertz CT molecular complexity index is 333. The van der Waals surface area contributed by atoms with E-state index in [0.29, 0.717) is 13.0 Å². The molecule has 1 atom stereocenters. The van der Waals surface area contributed by atoms with Crippen LogP contribution in [0.5, 0.6) is 0 Å². The van der Waals surface area contributed by atoms with E-state index in [1.165, 1.54) is 11.3 Å². The summed E-state index contributed by atoms with van der Waals surface area (Å²) in [6.45, 7) is 4.26. The fourth-order valence-corrected chi connectivity index (χ4v) is 2.09. The van der Waals surface area contributed by atoms with E-state index in [4.69, 9.17) is 5.11 Å². The zero-order valence-electron chi connectivity index (χ0n) is 9.36. The van der Waals surface area contributed by atoms with Gasteiger partial charge in [0, 0.05) is 19.0 Å². The maximum atomic E-state index is 11.9. The molecule has 0 radical (unpaired) electrons. The summed E-state index contributed by atoms with van der Waals surface area (Å²) in [6.07, 6.45) is 0.259. The Morgan fingerprint density at radius 3 is 2.73 bits per heavy atom. The van der Waals surface area contributed by atoms with Crippen molar-refractivity contribution in [1.29, 1.82) is 0 Å². The average Bonchev–Trinajstić information content (AvgIpc) is 2.59. The number of aryl methyl sites for hydroxylation is 1. The number of hydrogen-bond acceptors (Lipinski definition) is 3. The molecular formula is C11H17NO2S. The lowest BCUT2D eigenvalue weighted by Gasteiger charge is -2.17. The highest BCUT2D eigenvalue weighted by Crippen LogP contribution is 2.15. The number of rotatable bonds is 4. The van der Waals surface area contributed by atoms with Crippen molar-refractivity contribution in [3.05, 3.63) is 21.9 Å². The standard InChI is InChI=1S/C11H17NO2S/c1-8-6-15-7-10(8)11(14)12(3)5-4-9(2)13/h6-7,9,13H,4-5H2,1-3H3. The van der Waals surface area contributed by atoms with Gasteiger partial charge in [0.25, 0.3) is 5.91 Å². The molecule has 1 aromatic heterocycles. The van der Waals surface area contributed by atoms with Crippen molar-refractivity contribution in [2.75, 3.05) is 13.6 Å². The van der Waals surface area contributed by atoms with Crippen LogP contribution in [0.1, 0.15) is 29.3 Å². The van der Waals surface area contributed by atoms with Crippen LogP contribution < -0.4 is 0 Å². The average molecular weight is 227 g/mol. The third-order valence-corrected chi connectivity index (χ3v) is 3.18. The highest BCUT2D eigenvalue weighted by Gasteiger charge is 2.14. The number of amides is 1. The van der Waals surface area contributed by atoms with Gasteiger partial charge >= 0.3 is 0 Å². The van der Waals surface area contributed by atoms with E-state index < -0.39 is 0 Å². The normalized spacial score (nSPS) is 12.5. The summed E-state index contributed by atoms with van der Waals surface area (Å²) in [5.41, 5.74) is 1.79. The lowest BCUT2D eigenvalue weighted by Crippen LogP contribution is -2.29. The van der Waals surface area contributed by atoms with Gasteiger partial charge in [-0.15, -0.1) is 0 Å². The number of carbonyl (C=O) groups excluding carboxylic acids is 1. The van der Waals surface area contributed by atoms with Crippen molar-refractivity contribution in [1.82, 2.24) is 4.90 Å². The molecule has 0 aromatic carbocycles. The molecule has 1 amide bonds. The molecule has 0 aliphatic carbocycles. The minimum atomic E-state index is -0.358. The predicted octanol–water partition coefficient (Wildman–Crippen LogP) is 1.90. The summed E-state index contributed by atoms with van der Waals surface area (Å²) in [6, 6.07) is 0. The Labute approximate surface area is 94.3 Å². The van der Waals surface area contributed by atoms with Gasteiger partial charge in [0.15, 0.2) is 0 Å². The predicted molar refractivity (Wildman–Crippen MR) is 62.3 cm³/mol. The van der Waals surface area contributed by atoms with Crippen molar-refractivity contribution in [3.8, 4) is 0 Å². The second kappa shape index (κ2) is 5.28. The molecule has 0 aliphatic rings. The topological polar surface area (TPSA) is 40.5 Å². The number of aliphatic hydroxyl groups is 1. The molecule has 0 bridgehead atoms. The summed E-state index contributed by atoms with van der Waals surface area (Å²) in [5, 5.41) is 13.0. The van der Waals surface area contributed by atoms with E-state index in [2.05, 4.69) is 0 Å². The van der Waals surface area contributed by atoms with Crippen molar-refractivity contribution in [3.63, 3.8) is 0 Å². The van der Waals surface area contributed by atoms with Crippen LogP contribution in [0.2, 0.25) is 0 Å². The third-order valence-electron chi connectivity index (χ3n) is 2.31. The number of thiophene rings is 1. The lowest BCUT2D eigenvalue weighted by molar-refractivity contribution is 0.0769. The molecule has 1 unspecified atom stereocenters. The molecule has 1 aromatic rings. The molecule has 0 spiro atoms. The zero-order valence-corrected chi connectivity index (χ0v) is 10.2. The van der Waals surface area contributed by atoms with Gasteiger partial charge in [-0.1, -0.05) is 0 Å². The molecule has 0 aliphatic heterocycles. The zero-order chi connectivity index (χ0) is 11.4. The van der Waals surface area contributed by atoms with Crippen molar-refractivity contribution in [2.45, 2.75) is 26.4 Å². The maximum absolute atomic E-state index is 11.9. The Morgan fingerprint density at radius 2 is 2.27 bits per heavy atom. The molecule has 0 fully saturated rings. The van der Waals surface area contributed by atoms with Crippen LogP contribution in [-0.4, -0.2) is 35.6 Å². The molecule has 0 saturated carbocycles. The lowest BCUT2D eigenvalue weighted by atomic mass is 10.2. The van der Waals surface area contributed by atoms with Crippen molar-refractivity contribution < 1.29 is 9.90 Å². The van der Waals surface area contributed by atoms with E-state index in [0.717, 1.165) is 11.1 Å². The first-order valence-corrected chi connectivity index (χ1v) is 5.93. The smallest absolute Gasteiger partial charge is 0.254 e. The van der Waals surface area contributed by atoms with Gasteiger partial charge < -0.3 is 10.0 Å². The monoisotopic (exact) mass is 227 g/mol. The summed E-state index contributed by atoms with van der Waals surface area (Å²) in [4.78, 5) is 13.5. The van der Waals surface area contributed by atoms with Gasteiger partial charge in [0.2, 0.25) is 0 Å². The Morgan fingerprint density at radius 1 is 1.60 bits per heavy atom. The molecule has 0 saturated heterocycles. The molecular weight excluding hydrogens is 210 g/mol. The van der Waals surface area contributed by atoms with E-state index >= 15 is 0 Å². The first-order chi connectivity index (χ1) is 7.02. The van der Waals surface area contributed by atoms with Gasteiger partial charge in [-0.3, -0.25) is 4.79 Å². The minimum absolute atomic E-state index is 0.0365. The Hall–Kier alpha value is -0.870. The number of carbonyl (C=O) groups is 1. The number of hydrogen-bond donors (Lipinski definition) is 1. The second-order valence-corrected chi connectivity index (χ2v) is 4.58. The Balaban J connectivity index is 2.57. The maximum Gasteiger partial charge on any atom is 0.254 e. The molecule has 4 heteroatoms. The van der Waals surface area contributed by atoms with E-state index in [1.54, 1.807) is 18.9 Å².